The number of hydrogen-bond donors (Lipinski definition) is 0. The lowest BCUT2D eigenvalue weighted by molar-refractivity contribution is -0.0865. The van der Waals surface area contributed by atoms with Gasteiger partial charge in [-0.1, -0.05) is 12.2 Å². The van der Waals surface area contributed by atoms with Crippen molar-refractivity contribution in [3.63, 3.8) is 0 Å². The predicted molar refractivity (Wildman–Crippen MR) is 145 cm³/mol. The lowest BCUT2D eigenvalue weighted by atomic mass is 10.6. The molecule has 0 aromatic heterocycles. The average Bonchev–Trinajstić information content (AvgIpc) is 2.95. The van der Waals surface area contributed by atoms with Crippen LogP contribution in [0.3, 0.4) is 0 Å². The first-order valence-electron chi connectivity index (χ1n) is 13.6. The van der Waals surface area contributed by atoms with Crippen LogP contribution in [-0.4, -0.2) is 152 Å². The van der Waals surface area contributed by atoms with Crippen molar-refractivity contribution in [2.75, 3.05) is 152 Å². The van der Waals surface area contributed by atoms with E-state index in [0.717, 1.165) is 0 Å². The van der Waals surface area contributed by atoms with Crippen molar-refractivity contribution in [3.05, 3.63) is 25.3 Å². The summed E-state index contributed by atoms with van der Waals surface area (Å²) in [5, 5.41) is 0. The van der Waals surface area contributed by atoms with Gasteiger partial charge in [-0.3, -0.25) is 0 Å². The molecule has 39 heavy (non-hydrogen) atoms. The largest absolute Gasteiger partial charge is 0.377 e. The first-order chi connectivity index (χ1) is 19.4. The number of rotatable bonds is 36. The Bertz CT molecular complexity index is 430. The van der Waals surface area contributed by atoms with Crippen LogP contribution < -0.4 is 0 Å². The molecule has 232 valence electrons. The van der Waals surface area contributed by atoms with Crippen LogP contribution in [0.15, 0.2) is 25.3 Å². The third-order valence-electron chi connectivity index (χ3n) is 4.36. The molecule has 0 aliphatic rings. The molecule has 12 nitrogen and oxygen atoms in total. The summed E-state index contributed by atoms with van der Waals surface area (Å²) in [4.78, 5) is 0. The van der Waals surface area contributed by atoms with Crippen molar-refractivity contribution in [2.24, 2.45) is 0 Å². The predicted octanol–water partition coefficient (Wildman–Crippen LogP) is 1.52. The van der Waals surface area contributed by atoms with Crippen LogP contribution in [0.4, 0.5) is 0 Å². The Labute approximate surface area is 234 Å². The van der Waals surface area contributed by atoms with E-state index in [1.165, 1.54) is 0 Å². The molecule has 0 aliphatic heterocycles. The molecule has 0 saturated carbocycles. The summed E-state index contributed by atoms with van der Waals surface area (Å²) in [7, 11) is 0. The number of ether oxygens (including phenoxy) is 12. The third-order valence-corrected chi connectivity index (χ3v) is 4.36. The van der Waals surface area contributed by atoms with E-state index in [2.05, 4.69) is 13.2 Å². The van der Waals surface area contributed by atoms with Gasteiger partial charge in [0.15, 0.2) is 0 Å². The number of hydrogen-bond acceptors (Lipinski definition) is 12. The Morgan fingerprint density at radius 3 is 0.641 bits per heavy atom. The van der Waals surface area contributed by atoms with E-state index in [0.29, 0.717) is 145 Å². The Kier molecular flexibility index (Phi) is 36.1. The van der Waals surface area contributed by atoms with Gasteiger partial charge in [-0.15, -0.1) is 13.2 Å². The lowest BCUT2D eigenvalue weighted by Crippen LogP contribution is -2.15. The van der Waals surface area contributed by atoms with Gasteiger partial charge in [0.1, 0.15) is 6.79 Å². The average molecular weight is 569 g/mol. The highest BCUT2D eigenvalue weighted by Gasteiger charge is 1.96. The molecule has 0 saturated heterocycles. The molecular formula is C27H52O12. The van der Waals surface area contributed by atoms with Crippen LogP contribution >= 0.6 is 0 Å². The molecule has 0 radical (unpaired) electrons. The van der Waals surface area contributed by atoms with Crippen molar-refractivity contribution in [1.29, 1.82) is 0 Å². The van der Waals surface area contributed by atoms with Crippen molar-refractivity contribution in [2.45, 2.75) is 0 Å². The van der Waals surface area contributed by atoms with Crippen LogP contribution in [0.2, 0.25) is 0 Å². The molecule has 0 aromatic rings. The van der Waals surface area contributed by atoms with E-state index in [1.807, 2.05) is 0 Å². The zero-order valence-electron chi connectivity index (χ0n) is 23.7. The van der Waals surface area contributed by atoms with Gasteiger partial charge in [-0.2, -0.15) is 0 Å². The van der Waals surface area contributed by atoms with Crippen LogP contribution in [0.5, 0.6) is 0 Å². The smallest absolute Gasteiger partial charge is 0.146 e. The van der Waals surface area contributed by atoms with Gasteiger partial charge in [0.2, 0.25) is 0 Å². The zero-order chi connectivity index (χ0) is 28.2. The second-order valence-electron chi connectivity index (χ2n) is 7.56. The van der Waals surface area contributed by atoms with Crippen LogP contribution in [0, 0.1) is 0 Å². The minimum atomic E-state index is 0.200. The molecule has 0 bridgehead atoms. The quantitative estimate of drug-likeness (QED) is 0.0621. The van der Waals surface area contributed by atoms with Gasteiger partial charge in [-0.25, -0.2) is 0 Å². The van der Waals surface area contributed by atoms with Crippen molar-refractivity contribution >= 4 is 0 Å². The molecule has 0 aliphatic carbocycles. The molecule has 0 fully saturated rings. The van der Waals surface area contributed by atoms with Crippen LogP contribution in [0.1, 0.15) is 0 Å². The van der Waals surface area contributed by atoms with Crippen molar-refractivity contribution in [1.82, 2.24) is 0 Å². The van der Waals surface area contributed by atoms with E-state index in [-0.39, 0.29) is 6.79 Å². The normalized spacial score (nSPS) is 11.3. The van der Waals surface area contributed by atoms with Gasteiger partial charge < -0.3 is 56.8 Å². The standard InChI is InChI=1S/C27H52O12/c1-3-5-28-7-9-30-11-13-32-15-17-34-19-21-36-23-25-38-27-39-26-24-37-22-20-35-18-16-33-14-12-31-10-8-29-6-4-2/h3-4H,1-2,5-27H2. The highest BCUT2D eigenvalue weighted by molar-refractivity contribution is 4.63. The van der Waals surface area contributed by atoms with Gasteiger partial charge in [0, 0.05) is 0 Å². The highest BCUT2D eigenvalue weighted by atomic mass is 16.7. The summed E-state index contributed by atoms with van der Waals surface area (Å²) >= 11 is 0. The molecule has 0 unspecified atom stereocenters. The zero-order valence-corrected chi connectivity index (χ0v) is 23.7. The van der Waals surface area contributed by atoms with Gasteiger partial charge in [0.05, 0.1) is 145 Å². The fourth-order valence-corrected chi connectivity index (χ4v) is 2.51. The molecule has 0 rings (SSSR count). The molecule has 12 heteroatoms. The van der Waals surface area contributed by atoms with E-state index < -0.39 is 0 Å². The van der Waals surface area contributed by atoms with E-state index in [1.54, 1.807) is 12.2 Å². The van der Waals surface area contributed by atoms with E-state index in [9.17, 15) is 0 Å². The topological polar surface area (TPSA) is 111 Å². The van der Waals surface area contributed by atoms with Gasteiger partial charge in [0.25, 0.3) is 0 Å². The molecular weight excluding hydrogens is 516 g/mol. The minimum Gasteiger partial charge on any atom is -0.377 e. The van der Waals surface area contributed by atoms with Gasteiger partial charge >= 0.3 is 0 Å². The lowest BCUT2D eigenvalue weighted by Gasteiger charge is -2.09. The maximum atomic E-state index is 5.43. The van der Waals surface area contributed by atoms with Gasteiger partial charge in [-0.05, 0) is 0 Å². The Hall–Kier alpha value is -1.00. The second-order valence-corrected chi connectivity index (χ2v) is 7.56. The minimum absolute atomic E-state index is 0.200. The maximum Gasteiger partial charge on any atom is 0.146 e. The Morgan fingerprint density at radius 2 is 0.436 bits per heavy atom. The summed E-state index contributed by atoms with van der Waals surface area (Å²) in [6.07, 6.45) is 3.42. The molecule has 0 aromatic carbocycles. The molecule has 0 amide bonds. The van der Waals surface area contributed by atoms with Crippen LogP contribution in [0.25, 0.3) is 0 Å². The molecule has 0 heterocycles. The Balaban J connectivity index is 3.02. The van der Waals surface area contributed by atoms with E-state index >= 15 is 0 Å². The van der Waals surface area contributed by atoms with Crippen molar-refractivity contribution < 1.29 is 56.8 Å². The first-order valence-corrected chi connectivity index (χ1v) is 13.6. The summed E-state index contributed by atoms with van der Waals surface area (Å²) in [6, 6.07) is 0. The fourth-order valence-electron chi connectivity index (χ4n) is 2.51. The summed E-state index contributed by atoms with van der Waals surface area (Å²) in [5.41, 5.74) is 0. The molecule has 0 N–H and O–H groups in total. The Morgan fingerprint density at radius 1 is 0.256 bits per heavy atom. The van der Waals surface area contributed by atoms with Crippen molar-refractivity contribution in [3.8, 4) is 0 Å². The highest BCUT2D eigenvalue weighted by Crippen LogP contribution is 1.87. The first kappa shape index (κ1) is 38.0. The summed E-state index contributed by atoms with van der Waals surface area (Å²) in [6.45, 7) is 18.7. The summed E-state index contributed by atoms with van der Waals surface area (Å²) < 4.78 is 64.3. The third kappa shape index (κ3) is 37.0. The summed E-state index contributed by atoms with van der Waals surface area (Å²) in [5.74, 6) is 0. The molecule has 0 spiro atoms. The fraction of sp³-hybridized carbons (Fsp3) is 0.852. The van der Waals surface area contributed by atoms with E-state index in [4.69, 9.17) is 56.8 Å². The van der Waals surface area contributed by atoms with Crippen LogP contribution in [-0.2, 0) is 56.8 Å². The second kappa shape index (κ2) is 37.0. The molecule has 0 atom stereocenters. The maximum absolute atomic E-state index is 5.43. The SMILES string of the molecule is C=CCOCCOCCOCCOCCOCCOCOCCOCCOCCOCCOCCOCC=C. The monoisotopic (exact) mass is 568 g/mol.